The molecule has 39 heavy (non-hydrogen) atoms. The zero-order valence-electron chi connectivity index (χ0n) is 23.0. The number of carbonyl (C=O) groups is 2. The predicted octanol–water partition coefficient (Wildman–Crippen LogP) is 4.11. The van der Waals surface area contributed by atoms with Crippen LogP contribution in [-0.2, 0) is 22.6 Å². The largest absolute Gasteiger partial charge is 0.508 e. The minimum Gasteiger partial charge on any atom is -0.508 e. The molecule has 2 aromatic carbocycles. The van der Waals surface area contributed by atoms with Crippen molar-refractivity contribution >= 4 is 23.5 Å². The third kappa shape index (κ3) is 8.22. The Bertz CT molecular complexity index is 1420. The van der Waals surface area contributed by atoms with E-state index in [1.165, 1.54) is 22.9 Å². The molecule has 0 atom stereocenters. The van der Waals surface area contributed by atoms with Gasteiger partial charge in [0, 0.05) is 29.9 Å². The van der Waals surface area contributed by atoms with E-state index in [1.54, 1.807) is 52.0 Å². The molecule has 0 radical (unpaired) electrons. The number of anilines is 2. The summed E-state index contributed by atoms with van der Waals surface area (Å²) in [5, 5.41) is 28.6. The molecule has 208 valence electrons. The molecule has 0 fully saturated rings. The van der Waals surface area contributed by atoms with Gasteiger partial charge in [-0.15, -0.1) is 0 Å². The van der Waals surface area contributed by atoms with E-state index in [-0.39, 0.29) is 47.8 Å². The Morgan fingerprint density at radius 2 is 1.82 bits per heavy atom. The van der Waals surface area contributed by atoms with Crippen LogP contribution >= 0.6 is 0 Å². The second-order valence-electron chi connectivity index (χ2n) is 10.5. The number of phenols is 2. The van der Waals surface area contributed by atoms with Gasteiger partial charge in [-0.05, 0) is 70.9 Å². The topological polar surface area (TPSA) is 155 Å². The second-order valence-corrected chi connectivity index (χ2v) is 10.5. The average Bonchev–Trinajstić information content (AvgIpc) is 2.80. The fourth-order valence-corrected chi connectivity index (χ4v) is 3.67. The Kier molecular flexibility index (Phi) is 8.85. The van der Waals surface area contributed by atoms with Crippen LogP contribution in [-0.4, -0.2) is 43.4 Å². The fraction of sp³-hybridized carbons (Fsp3) is 0.357. The highest BCUT2D eigenvalue weighted by Crippen LogP contribution is 2.28. The summed E-state index contributed by atoms with van der Waals surface area (Å²) in [5.41, 5.74) is 0.980. The Morgan fingerprint density at radius 3 is 2.46 bits per heavy atom. The van der Waals surface area contributed by atoms with Gasteiger partial charge >= 0.3 is 6.09 Å². The summed E-state index contributed by atoms with van der Waals surface area (Å²) >= 11 is 0. The number of aromatic hydroxyl groups is 2. The normalized spacial score (nSPS) is 11.3. The van der Waals surface area contributed by atoms with E-state index in [4.69, 9.17) is 4.74 Å². The summed E-state index contributed by atoms with van der Waals surface area (Å²) in [6.45, 7) is 10.5. The molecule has 11 nitrogen and oxygen atoms in total. The molecule has 11 heteroatoms. The van der Waals surface area contributed by atoms with E-state index >= 15 is 0 Å². The summed E-state index contributed by atoms with van der Waals surface area (Å²) in [6.07, 6.45) is 0.705. The molecule has 0 saturated heterocycles. The summed E-state index contributed by atoms with van der Waals surface area (Å²) in [4.78, 5) is 42.8. The summed E-state index contributed by atoms with van der Waals surface area (Å²) < 4.78 is 6.52. The summed E-state index contributed by atoms with van der Waals surface area (Å²) in [6, 6.07) is 9.29. The zero-order valence-corrected chi connectivity index (χ0v) is 23.0. The monoisotopic (exact) mass is 537 g/mol. The van der Waals surface area contributed by atoms with E-state index in [0.717, 1.165) is 5.56 Å². The van der Waals surface area contributed by atoms with Gasteiger partial charge < -0.3 is 25.6 Å². The number of rotatable bonds is 8. The number of aryl methyl sites for hydroxylation is 1. The minimum atomic E-state index is -0.724. The van der Waals surface area contributed by atoms with E-state index in [2.05, 4.69) is 20.9 Å². The standard InChI is InChI=1S/C28H35N5O6/c1-16(2)31-25-26(37)33(15-24(36)29-13-18-8-7-17(3)23(35)9-18)22(14-30-25)19-10-20(12-21(34)11-19)32-27(38)39-28(4,5)6/h7-12,14,16,34-35H,13,15H2,1-6H3,(H,29,36)(H,30,31)(H,32,38). The number of carbonyl (C=O) groups excluding carboxylic acids is 2. The molecule has 1 heterocycles. The zero-order chi connectivity index (χ0) is 28.9. The number of hydrogen-bond donors (Lipinski definition) is 5. The van der Waals surface area contributed by atoms with Crippen molar-refractivity contribution in [2.24, 2.45) is 0 Å². The second kappa shape index (κ2) is 11.9. The Morgan fingerprint density at radius 1 is 1.10 bits per heavy atom. The van der Waals surface area contributed by atoms with Crippen molar-refractivity contribution in [1.29, 1.82) is 0 Å². The minimum absolute atomic E-state index is 0.0669. The van der Waals surface area contributed by atoms with Crippen LogP contribution < -0.4 is 21.5 Å². The lowest BCUT2D eigenvalue weighted by Crippen LogP contribution is -2.35. The Hall–Kier alpha value is -4.54. The van der Waals surface area contributed by atoms with Crippen LogP contribution in [0.3, 0.4) is 0 Å². The van der Waals surface area contributed by atoms with E-state index in [1.807, 2.05) is 13.8 Å². The van der Waals surface area contributed by atoms with Crippen molar-refractivity contribution in [2.45, 2.75) is 66.3 Å². The van der Waals surface area contributed by atoms with Gasteiger partial charge in [-0.25, -0.2) is 9.78 Å². The number of phenolic OH excluding ortho intramolecular Hbond substituents is 2. The van der Waals surface area contributed by atoms with Gasteiger partial charge in [-0.2, -0.15) is 0 Å². The SMILES string of the molecule is Cc1ccc(CNC(=O)Cn2c(-c3cc(O)cc(NC(=O)OC(C)(C)C)c3)cnc(NC(C)C)c2=O)cc1O. The maximum Gasteiger partial charge on any atom is 0.412 e. The van der Waals surface area contributed by atoms with E-state index in [9.17, 15) is 24.6 Å². The molecule has 1 aromatic heterocycles. The maximum atomic E-state index is 13.4. The van der Waals surface area contributed by atoms with E-state index < -0.39 is 23.2 Å². The number of aromatic nitrogens is 2. The third-order valence-corrected chi connectivity index (χ3v) is 5.40. The quantitative estimate of drug-likeness (QED) is 0.288. The molecule has 0 aliphatic carbocycles. The van der Waals surface area contributed by atoms with Crippen molar-refractivity contribution in [1.82, 2.24) is 14.9 Å². The fourth-order valence-electron chi connectivity index (χ4n) is 3.67. The molecule has 0 unspecified atom stereocenters. The van der Waals surface area contributed by atoms with Gasteiger partial charge in [0.05, 0.1) is 11.9 Å². The Balaban J connectivity index is 1.94. The van der Waals surface area contributed by atoms with Gasteiger partial charge in [-0.1, -0.05) is 12.1 Å². The molecule has 0 saturated carbocycles. The van der Waals surface area contributed by atoms with Crippen LogP contribution in [0.1, 0.15) is 45.7 Å². The highest BCUT2D eigenvalue weighted by Gasteiger charge is 2.19. The lowest BCUT2D eigenvalue weighted by molar-refractivity contribution is -0.121. The number of ether oxygens (including phenoxy) is 1. The molecule has 3 aromatic rings. The predicted molar refractivity (Wildman–Crippen MR) is 149 cm³/mol. The molecule has 2 amide bonds. The first-order valence-corrected chi connectivity index (χ1v) is 12.5. The van der Waals surface area contributed by atoms with Gasteiger partial charge in [0.25, 0.3) is 5.56 Å². The molecular weight excluding hydrogens is 502 g/mol. The van der Waals surface area contributed by atoms with Crippen molar-refractivity contribution in [3.05, 3.63) is 64.1 Å². The van der Waals surface area contributed by atoms with Crippen LogP contribution in [0, 0.1) is 6.92 Å². The lowest BCUT2D eigenvalue weighted by Gasteiger charge is -2.20. The van der Waals surface area contributed by atoms with Crippen LogP contribution in [0.15, 0.2) is 47.4 Å². The molecular formula is C28H35N5O6. The molecule has 0 aliphatic rings. The van der Waals surface area contributed by atoms with Crippen LogP contribution in [0.5, 0.6) is 11.5 Å². The van der Waals surface area contributed by atoms with Gasteiger partial charge in [-0.3, -0.25) is 19.5 Å². The van der Waals surface area contributed by atoms with Crippen molar-refractivity contribution in [3.8, 4) is 22.8 Å². The number of nitrogens with zero attached hydrogens (tertiary/aromatic N) is 2. The molecule has 0 aliphatic heterocycles. The number of amides is 2. The van der Waals surface area contributed by atoms with Crippen molar-refractivity contribution < 1.29 is 24.5 Å². The van der Waals surface area contributed by atoms with Crippen molar-refractivity contribution in [2.75, 3.05) is 10.6 Å². The number of hydrogen-bond acceptors (Lipinski definition) is 8. The maximum absolute atomic E-state index is 13.4. The third-order valence-electron chi connectivity index (χ3n) is 5.40. The summed E-state index contributed by atoms with van der Waals surface area (Å²) in [7, 11) is 0. The molecule has 0 spiro atoms. The lowest BCUT2D eigenvalue weighted by atomic mass is 10.1. The summed E-state index contributed by atoms with van der Waals surface area (Å²) in [5.74, 6) is -0.436. The Labute approximate surface area is 226 Å². The molecule has 3 rings (SSSR count). The first-order valence-electron chi connectivity index (χ1n) is 12.5. The number of benzene rings is 2. The highest BCUT2D eigenvalue weighted by atomic mass is 16.6. The van der Waals surface area contributed by atoms with Crippen LogP contribution in [0.25, 0.3) is 11.3 Å². The first kappa shape index (κ1) is 29.0. The first-order chi connectivity index (χ1) is 18.2. The molecule has 5 N–H and O–H groups in total. The molecule has 0 bridgehead atoms. The number of nitrogens with one attached hydrogen (secondary N) is 3. The average molecular weight is 538 g/mol. The smallest absolute Gasteiger partial charge is 0.412 e. The van der Waals surface area contributed by atoms with Crippen LogP contribution in [0.4, 0.5) is 16.3 Å². The highest BCUT2D eigenvalue weighted by molar-refractivity contribution is 5.86. The van der Waals surface area contributed by atoms with Crippen molar-refractivity contribution in [3.63, 3.8) is 0 Å². The van der Waals surface area contributed by atoms with Gasteiger partial charge in [0.2, 0.25) is 5.91 Å². The van der Waals surface area contributed by atoms with Crippen LogP contribution in [0.2, 0.25) is 0 Å². The van der Waals surface area contributed by atoms with Gasteiger partial charge in [0.15, 0.2) is 5.82 Å². The van der Waals surface area contributed by atoms with E-state index in [0.29, 0.717) is 11.1 Å². The van der Waals surface area contributed by atoms with Gasteiger partial charge in [0.1, 0.15) is 23.6 Å².